The molecule has 92 valence electrons. The van der Waals surface area contributed by atoms with Crippen LogP contribution in [-0.2, 0) is 9.47 Å². The zero-order valence-corrected chi connectivity index (χ0v) is 8.54. The van der Waals surface area contributed by atoms with Crippen molar-refractivity contribution in [2.24, 2.45) is 16.6 Å². The summed E-state index contributed by atoms with van der Waals surface area (Å²) in [6.07, 6.45) is -4.95. The highest BCUT2D eigenvalue weighted by molar-refractivity contribution is 5.82. The van der Waals surface area contributed by atoms with Crippen molar-refractivity contribution in [3.05, 3.63) is 0 Å². The van der Waals surface area contributed by atoms with Crippen LogP contribution < -0.4 is 5.73 Å². The maximum atomic E-state index is 12.6. The molecule has 0 radical (unpaired) electrons. The SMILES string of the molecule is NC1=NC(CC2OCCO2)C(C(F)(F)F)C1. The fourth-order valence-electron chi connectivity index (χ4n) is 2.01. The van der Waals surface area contributed by atoms with Crippen LogP contribution >= 0.6 is 0 Å². The summed E-state index contributed by atoms with van der Waals surface area (Å²) in [5.74, 6) is -1.44. The number of halogens is 3. The zero-order chi connectivity index (χ0) is 11.8. The third-order valence-corrected chi connectivity index (χ3v) is 2.77. The normalized spacial score (nSPS) is 32.1. The first-order valence-electron chi connectivity index (χ1n) is 5.09. The van der Waals surface area contributed by atoms with Gasteiger partial charge in [0.2, 0.25) is 0 Å². The summed E-state index contributed by atoms with van der Waals surface area (Å²) < 4.78 is 48.2. The van der Waals surface area contributed by atoms with Gasteiger partial charge in [-0.05, 0) is 0 Å². The summed E-state index contributed by atoms with van der Waals surface area (Å²) >= 11 is 0. The van der Waals surface area contributed by atoms with Crippen LogP contribution in [0.25, 0.3) is 0 Å². The van der Waals surface area contributed by atoms with E-state index in [2.05, 4.69) is 4.99 Å². The van der Waals surface area contributed by atoms with E-state index >= 15 is 0 Å². The van der Waals surface area contributed by atoms with Crippen molar-refractivity contribution in [2.45, 2.75) is 31.3 Å². The molecule has 2 N–H and O–H groups in total. The van der Waals surface area contributed by atoms with Gasteiger partial charge in [0.1, 0.15) is 0 Å². The lowest BCUT2D eigenvalue weighted by atomic mass is 9.96. The highest BCUT2D eigenvalue weighted by Gasteiger charge is 2.48. The Balaban J connectivity index is 1.99. The van der Waals surface area contributed by atoms with E-state index in [1.54, 1.807) is 0 Å². The van der Waals surface area contributed by atoms with Crippen LogP contribution in [0, 0.1) is 5.92 Å². The van der Waals surface area contributed by atoms with Gasteiger partial charge in [-0.15, -0.1) is 0 Å². The lowest BCUT2D eigenvalue weighted by molar-refractivity contribution is -0.180. The molecule has 0 saturated carbocycles. The third kappa shape index (κ3) is 2.46. The minimum Gasteiger partial charge on any atom is -0.387 e. The van der Waals surface area contributed by atoms with E-state index in [0.717, 1.165) is 0 Å². The molecule has 0 amide bonds. The van der Waals surface area contributed by atoms with Crippen LogP contribution in [-0.4, -0.2) is 37.6 Å². The van der Waals surface area contributed by atoms with Crippen LogP contribution in [0.15, 0.2) is 4.99 Å². The zero-order valence-electron chi connectivity index (χ0n) is 8.54. The molecule has 7 heteroatoms. The quantitative estimate of drug-likeness (QED) is 0.782. The lowest BCUT2D eigenvalue weighted by Crippen LogP contribution is -2.33. The number of nitrogens with two attached hydrogens (primary N) is 1. The van der Waals surface area contributed by atoms with Gasteiger partial charge in [-0.2, -0.15) is 13.2 Å². The highest BCUT2D eigenvalue weighted by Crippen LogP contribution is 2.38. The van der Waals surface area contributed by atoms with E-state index in [1.807, 2.05) is 0 Å². The van der Waals surface area contributed by atoms with E-state index in [4.69, 9.17) is 15.2 Å². The van der Waals surface area contributed by atoms with E-state index in [1.165, 1.54) is 0 Å². The Kier molecular flexibility index (Phi) is 3.07. The van der Waals surface area contributed by atoms with Crippen LogP contribution in [0.3, 0.4) is 0 Å². The van der Waals surface area contributed by atoms with Crippen molar-refractivity contribution in [3.8, 4) is 0 Å². The second kappa shape index (κ2) is 4.21. The van der Waals surface area contributed by atoms with Crippen LogP contribution in [0.1, 0.15) is 12.8 Å². The lowest BCUT2D eigenvalue weighted by Gasteiger charge is -2.22. The summed E-state index contributed by atoms with van der Waals surface area (Å²) in [6, 6.07) is -0.872. The van der Waals surface area contributed by atoms with E-state index < -0.39 is 24.4 Å². The first-order chi connectivity index (χ1) is 7.47. The largest absolute Gasteiger partial charge is 0.394 e. The molecule has 0 aromatic heterocycles. The molecule has 0 spiro atoms. The summed E-state index contributed by atoms with van der Waals surface area (Å²) in [4.78, 5) is 3.81. The predicted octanol–water partition coefficient (Wildman–Crippen LogP) is 1.06. The molecule has 0 aromatic carbocycles. The molecular weight excluding hydrogens is 225 g/mol. The fraction of sp³-hybridized carbons (Fsp3) is 0.889. The summed E-state index contributed by atoms with van der Waals surface area (Å²) in [6.45, 7) is 0.848. The molecule has 2 heterocycles. The average Bonchev–Trinajstić information content (AvgIpc) is 2.74. The molecule has 2 rings (SSSR count). The van der Waals surface area contributed by atoms with Gasteiger partial charge in [-0.25, -0.2) is 0 Å². The summed E-state index contributed by atoms with van der Waals surface area (Å²) in [5.41, 5.74) is 5.35. The number of nitrogens with zero attached hydrogens (tertiary/aromatic N) is 1. The number of alkyl halides is 3. The number of ether oxygens (including phenoxy) is 2. The van der Waals surface area contributed by atoms with Crippen molar-refractivity contribution >= 4 is 5.84 Å². The monoisotopic (exact) mass is 238 g/mol. The molecular formula is C9H13F3N2O2. The van der Waals surface area contributed by atoms with Gasteiger partial charge in [0.25, 0.3) is 0 Å². The number of rotatable bonds is 2. The van der Waals surface area contributed by atoms with E-state index in [-0.39, 0.29) is 18.7 Å². The topological polar surface area (TPSA) is 56.8 Å². The van der Waals surface area contributed by atoms with Crippen LogP contribution in [0.4, 0.5) is 13.2 Å². The van der Waals surface area contributed by atoms with Crippen LogP contribution in [0.5, 0.6) is 0 Å². The maximum Gasteiger partial charge on any atom is 0.394 e. The average molecular weight is 238 g/mol. The molecule has 16 heavy (non-hydrogen) atoms. The van der Waals surface area contributed by atoms with Gasteiger partial charge in [0.15, 0.2) is 6.29 Å². The molecule has 2 unspecified atom stereocenters. The second-order valence-electron chi connectivity index (χ2n) is 3.95. The molecule has 0 aromatic rings. The van der Waals surface area contributed by atoms with Crippen molar-refractivity contribution < 1.29 is 22.6 Å². The second-order valence-corrected chi connectivity index (χ2v) is 3.95. The maximum absolute atomic E-state index is 12.6. The van der Waals surface area contributed by atoms with Gasteiger partial charge in [-0.3, -0.25) is 4.99 Å². The van der Waals surface area contributed by atoms with Gasteiger partial charge in [0.05, 0.1) is 31.0 Å². The van der Waals surface area contributed by atoms with E-state index in [9.17, 15) is 13.2 Å². The smallest absolute Gasteiger partial charge is 0.387 e. The summed E-state index contributed by atoms with van der Waals surface area (Å²) in [5, 5.41) is 0. The van der Waals surface area contributed by atoms with Crippen molar-refractivity contribution in [3.63, 3.8) is 0 Å². The molecule has 0 bridgehead atoms. The van der Waals surface area contributed by atoms with Gasteiger partial charge in [0, 0.05) is 12.8 Å². The van der Waals surface area contributed by atoms with Crippen molar-refractivity contribution in [1.29, 1.82) is 0 Å². The van der Waals surface area contributed by atoms with Gasteiger partial charge >= 0.3 is 6.18 Å². The van der Waals surface area contributed by atoms with Crippen molar-refractivity contribution in [2.75, 3.05) is 13.2 Å². The molecule has 2 aliphatic rings. The van der Waals surface area contributed by atoms with Gasteiger partial charge in [-0.1, -0.05) is 0 Å². The molecule has 1 saturated heterocycles. The summed E-state index contributed by atoms with van der Waals surface area (Å²) in [7, 11) is 0. The Morgan fingerprint density at radius 1 is 1.31 bits per heavy atom. The standard InChI is InChI=1S/C9H13F3N2O2/c10-9(11,12)5-3-7(13)14-6(5)4-8-15-1-2-16-8/h5-6,8H,1-4H2,(H2,13,14). The molecule has 1 fully saturated rings. The first-order valence-corrected chi connectivity index (χ1v) is 5.09. The molecule has 2 aliphatic heterocycles. The predicted molar refractivity (Wildman–Crippen MR) is 49.9 cm³/mol. The Labute approximate surface area is 90.6 Å². The third-order valence-electron chi connectivity index (χ3n) is 2.77. The fourth-order valence-corrected chi connectivity index (χ4v) is 2.01. The molecule has 2 atom stereocenters. The van der Waals surface area contributed by atoms with Crippen LogP contribution in [0.2, 0.25) is 0 Å². The first kappa shape index (κ1) is 11.7. The Bertz CT molecular complexity index is 287. The number of hydrogen-bond acceptors (Lipinski definition) is 4. The number of aliphatic imine (C=N–C) groups is 1. The number of hydrogen-bond donors (Lipinski definition) is 1. The number of amidine groups is 1. The highest BCUT2D eigenvalue weighted by atomic mass is 19.4. The Morgan fingerprint density at radius 2 is 1.94 bits per heavy atom. The van der Waals surface area contributed by atoms with E-state index in [0.29, 0.717) is 13.2 Å². The molecule has 0 aliphatic carbocycles. The van der Waals surface area contributed by atoms with Crippen molar-refractivity contribution in [1.82, 2.24) is 0 Å². The minimum atomic E-state index is -4.27. The van der Waals surface area contributed by atoms with Gasteiger partial charge < -0.3 is 15.2 Å². The molecule has 4 nitrogen and oxygen atoms in total. The minimum absolute atomic E-state index is 0.0605. The Morgan fingerprint density at radius 3 is 2.50 bits per heavy atom. The Hall–Kier alpha value is -0.820.